The van der Waals surface area contributed by atoms with E-state index >= 15 is 0 Å². The lowest BCUT2D eigenvalue weighted by molar-refractivity contribution is -0.142. The number of alkyl halides is 3. The van der Waals surface area contributed by atoms with Crippen LogP contribution < -0.4 is 5.32 Å². The minimum atomic E-state index is -4.73. The summed E-state index contributed by atoms with van der Waals surface area (Å²) < 4.78 is 53.0. The van der Waals surface area contributed by atoms with Crippen LogP contribution in [0.2, 0.25) is 5.02 Å². The van der Waals surface area contributed by atoms with Gasteiger partial charge in [0.15, 0.2) is 5.69 Å². The van der Waals surface area contributed by atoms with E-state index in [1.54, 1.807) is 0 Å². The van der Waals surface area contributed by atoms with Crippen molar-refractivity contribution in [3.8, 4) is 0 Å². The van der Waals surface area contributed by atoms with Crippen LogP contribution in [-0.2, 0) is 17.5 Å². The highest BCUT2D eigenvalue weighted by molar-refractivity contribution is 6.32. The zero-order valence-electron chi connectivity index (χ0n) is 15.9. The molecule has 160 valence electrons. The van der Waals surface area contributed by atoms with E-state index in [1.807, 2.05) is 0 Å². The van der Waals surface area contributed by atoms with E-state index in [2.05, 4.69) is 10.4 Å². The number of allylic oxidation sites excluding steroid dienone is 2. The van der Waals surface area contributed by atoms with Gasteiger partial charge in [-0.3, -0.25) is 9.48 Å². The zero-order chi connectivity index (χ0) is 22.1. The third-order valence-corrected chi connectivity index (χ3v) is 5.13. The first-order valence-electron chi connectivity index (χ1n) is 8.98. The molecule has 2 aromatic rings. The molecule has 0 saturated carbocycles. The Balaban J connectivity index is 1.84. The summed E-state index contributed by atoms with van der Waals surface area (Å²) in [6.07, 6.45) is -2.59. The molecule has 2 heterocycles. The molecule has 0 spiro atoms. The van der Waals surface area contributed by atoms with E-state index in [-0.39, 0.29) is 5.69 Å². The molecule has 0 atom stereocenters. The van der Waals surface area contributed by atoms with Crippen LogP contribution in [0.15, 0.2) is 35.7 Å². The third kappa shape index (κ3) is 4.48. The molecule has 30 heavy (non-hydrogen) atoms. The molecule has 0 aliphatic carbocycles. The fourth-order valence-electron chi connectivity index (χ4n) is 3.16. The van der Waals surface area contributed by atoms with Crippen molar-refractivity contribution in [3.63, 3.8) is 0 Å². The summed E-state index contributed by atoms with van der Waals surface area (Å²) in [4.78, 5) is 14.2. The molecule has 0 fully saturated rings. The fourth-order valence-corrected chi connectivity index (χ4v) is 3.40. The van der Waals surface area contributed by atoms with Gasteiger partial charge in [0.25, 0.3) is 0 Å². The first kappa shape index (κ1) is 21.8. The molecular weight excluding hydrogens is 426 g/mol. The van der Waals surface area contributed by atoms with Gasteiger partial charge in [-0.25, -0.2) is 4.39 Å². The lowest BCUT2D eigenvalue weighted by atomic mass is 10.1. The van der Waals surface area contributed by atoms with Gasteiger partial charge in [-0.05, 0) is 44.0 Å². The average Bonchev–Trinajstić information content (AvgIpc) is 2.98. The number of hydrogen-bond acceptors (Lipinski definition) is 4. The number of benzene rings is 1. The smallest absolute Gasteiger partial charge is 0.357 e. The van der Waals surface area contributed by atoms with Crippen molar-refractivity contribution in [2.75, 3.05) is 11.9 Å². The zero-order valence-corrected chi connectivity index (χ0v) is 16.6. The number of amides is 1. The highest BCUT2D eigenvalue weighted by atomic mass is 35.5. The maximum Gasteiger partial charge on any atom is 0.436 e. The summed E-state index contributed by atoms with van der Waals surface area (Å²) in [6, 6.07) is 5.61. The van der Waals surface area contributed by atoms with Crippen LogP contribution in [0.25, 0.3) is 0 Å². The van der Waals surface area contributed by atoms with E-state index in [4.69, 9.17) is 17.0 Å². The number of anilines is 1. The molecule has 0 unspecified atom stereocenters. The quantitative estimate of drug-likeness (QED) is 0.524. The van der Waals surface area contributed by atoms with Crippen LogP contribution in [0.4, 0.5) is 23.2 Å². The van der Waals surface area contributed by atoms with E-state index in [0.29, 0.717) is 36.5 Å². The normalized spacial score (nSPS) is 14.8. The molecule has 1 aromatic heterocycles. The Labute approximate surface area is 174 Å². The lowest BCUT2D eigenvalue weighted by Gasteiger charge is -2.30. The summed E-state index contributed by atoms with van der Waals surface area (Å²) in [5, 5.41) is 13.7. The number of nitrogens with one attached hydrogen (secondary N) is 2. The van der Waals surface area contributed by atoms with Crippen LogP contribution in [0.3, 0.4) is 0 Å². The highest BCUT2D eigenvalue weighted by Crippen LogP contribution is 2.35. The monoisotopic (exact) mass is 443 g/mol. The van der Waals surface area contributed by atoms with Gasteiger partial charge in [-0.2, -0.15) is 18.3 Å². The van der Waals surface area contributed by atoms with E-state index < -0.39 is 35.2 Å². The molecule has 0 bridgehead atoms. The predicted molar refractivity (Wildman–Crippen MR) is 104 cm³/mol. The Hall–Kier alpha value is -2.88. The van der Waals surface area contributed by atoms with E-state index in [1.165, 1.54) is 36.1 Å². The van der Waals surface area contributed by atoms with Gasteiger partial charge in [0.2, 0.25) is 5.91 Å². The fraction of sp³-hybridized carbons (Fsp3) is 0.316. The summed E-state index contributed by atoms with van der Waals surface area (Å²) in [6.45, 7) is 1.20. The molecule has 1 aliphatic heterocycles. The summed E-state index contributed by atoms with van der Waals surface area (Å²) in [5.41, 5.74) is 0.253. The summed E-state index contributed by atoms with van der Waals surface area (Å²) >= 11 is 5.74. The van der Waals surface area contributed by atoms with Crippen molar-refractivity contribution in [2.24, 2.45) is 0 Å². The first-order valence-corrected chi connectivity index (χ1v) is 9.36. The highest BCUT2D eigenvalue weighted by Gasteiger charge is 2.38. The summed E-state index contributed by atoms with van der Waals surface area (Å²) in [5.74, 6) is -0.920. The number of halogens is 5. The average molecular weight is 444 g/mol. The SMILES string of the molecule is Cc1c(Cl)c(C(F)(F)F)nn1CC(=O)N1CCCC(Nc2ccc(F)cc2)=C1C=N. The van der Waals surface area contributed by atoms with Crippen molar-refractivity contribution in [1.82, 2.24) is 14.7 Å². The molecule has 2 N–H and O–H groups in total. The molecule has 3 rings (SSSR count). The maximum atomic E-state index is 13.1. The van der Waals surface area contributed by atoms with Crippen molar-refractivity contribution in [2.45, 2.75) is 32.5 Å². The van der Waals surface area contributed by atoms with Crippen LogP contribution in [0, 0.1) is 18.2 Å². The number of aromatic nitrogens is 2. The van der Waals surface area contributed by atoms with E-state index in [0.717, 1.165) is 10.9 Å². The molecule has 11 heteroatoms. The molecule has 1 aromatic carbocycles. The minimum absolute atomic E-state index is 0.0272. The predicted octanol–water partition coefficient (Wildman–Crippen LogP) is 4.60. The second kappa shape index (κ2) is 8.47. The molecule has 0 radical (unpaired) electrons. The van der Waals surface area contributed by atoms with Gasteiger partial charge in [0.1, 0.15) is 12.4 Å². The molecular formula is C19H18ClF4N5O. The van der Waals surface area contributed by atoms with Gasteiger partial charge in [0, 0.05) is 24.1 Å². The van der Waals surface area contributed by atoms with Crippen LogP contribution in [-0.4, -0.2) is 33.3 Å². The molecule has 6 nitrogen and oxygen atoms in total. The van der Waals surface area contributed by atoms with Crippen molar-refractivity contribution >= 4 is 29.4 Å². The number of carbonyl (C=O) groups excluding carboxylic acids is 1. The number of nitrogens with zero attached hydrogens (tertiary/aromatic N) is 3. The maximum absolute atomic E-state index is 13.1. The Bertz CT molecular complexity index is 998. The number of carbonyl (C=O) groups is 1. The lowest BCUT2D eigenvalue weighted by Crippen LogP contribution is -2.38. The largest absolute Gasteiger partial charge is 0.436 e. The van der Waals surface area contributed by atoms with Crippen molar-refractivity contribution in [1.29, 1.82) is 5.41 Å². The van der Waals surface area contributed by atoms with E-state index in [9.17, 15) is 22.4 Å². The third-order valence-electron chi connectivity index (χ3n) is 4.67. The number of hydrogen-bond donors (Lipinski definition) is 2. The minimum Gasteiger partial charge on any atom is -0.357 e. The van der Waals surface area contributed by atoms with Crippen LogP contribution in [0.1, 0.15) is 24.2 Å². The van der Waals surface area contributed by atoms with Crippen LogP contribution >= 0.6 is 11.6 Å². The topological polar surface area (TPSA) is 74.0 Å². The molecule has 1 amide bonds. The Morgan fingerprint density at radius 3 is 2.57 bits per heavy atom. The van der Waals surface area contributed by atoms with Gasteiger partial charge >= 0.3 is 6.18 Å². The summed E-state index contributed by atoms with van der Waals surface area (Å²) in [7, 11) is 0. The molecule has 1 aliphatic rings. The first-order chi connectivity index (χ1) is 14.1. The second-order valence-corrected chi connectivity index (χ2v) is 7.07. The van der Waals surface area contributed by atoms with Gasteiger partial charge in [0.05, 0.1) is 16.4 Å². The number of rotatable bonds is 5. The van der Waals surface area contributed by atoms with Crippen LogP contribution in [0.5, 0.6) is 0 Å². The van der Waals surface area contributed by atoms with Crippen molar-refractivity contribution < 1.29 is 22.4 Å². The standard InChI is InChI=1S/C19H18ClF4N5O/c1-11-17(20)18(19(22,23)24)27-29(11)10-16(30)28-8-2-3-14(15(28)9-25)26-13-6-4-12(21)5-7-13/h4-7,9,25-26H,2-3,8,10H2,1H3. The molecule has 0 saturated heterocycles. The van der Waals surface area contributed by atoms with Gasteiger partial charge in [-0.1, -0.05) is 11.6 Å². The van der Waals surface area contributed by atoms with Crippen molar-refractivity contribution in [3.05, 3.63) is 57.9 Å². The second-order valence-electron chi connectivity index (χ2n) is 6.69. The Morgan fingerprint density at radius 2 is 2.00 bits per heavy atom. The van der Waals surface area contributed by atoms with Gasteiger partial charge < -0.3 is 15.6 Å². The Morgan fingerprint density at radius 1 is 1.33 bits per heavy atom. The van der Waals surface area contributed by atoms with Gasteiger partial charge in [-0.15, -0.1) is 0 Å². The Kier molecular flexibility index (Phi) is 6.16.